The average molecular weight is 581 g/mol. The Kier molecular flexibility index (Phi) is 11.8. The molecule has 0 aliphatic carbocycles. The van der Waals surface area contributed by atoms with E-state index in [-0.39, 0.29) is 29.5 Å². The van der Waals surface area contributed by atoms with E-state index < -0.39 is 12.0 Å². The second kappa shape index (κ2) is 15.7. The van der Waals surface area contributed by atoms with Gasteiger partial charge in [0.05, 0.1) is 7.11 Å². The second-order valence-electron chi connectivity index (χ2n) is 9.69. The van der Waals surface area contributed by atoms with Gasteiger partial charge in [-0.1, -0.05) is 12.1 Å². The van der Waals surface area contributed by atoms with Crippen molar-refractivity contribution in [2.75, 3.05) is 33.3 Å². The molecule has 0 spiro atoms. The molecule has 1 heterocycles. The van der Waals surface area contributed by atoms with Gasteiger partial charge in [-0.25, -0.2) is 0 Å². The number of carbonyl (C=O) groups is 2. The van der Waals surface area contributed by atoms with Crippen LogP contribution in [0.15, 0.2) is 52.5 Å². The Balaban J connectivity index is 1.76. The summed E-state index contributed by atoms with van der Waals surface area (Å²) in [5.74, 6) is -0.122. The third-order valence-corrected chi connectivity index (χ3v) is 6.50. The molecule has 2 aromatic carbocycles. The van der Waals surface area contributed by atoms with Gasteiger partial charge in [-0.2, -0.15) is 0 Å². The molecule has 2 amide bonds. The quantitative estimate of drug-likeness (QED) is 0.0688. The molecular formula is C29H40N8O5. The molecule has 226 valence electrons. The number of unbranched alkanes of at least 4 members (excludes halogenated alkanes) is 2. The van der Waals surface area contributed by atoms with Crippen LogP contribution in [0.2, 0.25) is 0 Å². The number of benzene rings is 2. The molecule has 13 heteroatoms. The average Bonchev–Trinajstić information content (AvgIpc) is 3.34. The molecule has 2 atom stereocenters. The van der Waals surface area contributed by atoms with Crippen molar-refractivity contribution in [3.05, 3.63) is 59.2 Å². The number of fused-ring (bicyclic) bond motifs is 1. The maximum atomic E-state index is 13.6. The zero-order chi connectivity index (χ0) is 30.5. The number of amides is 2. The van der Waals surface area contributed by atoms with Gasteiger partial charge in [-0.15, -0.1) is 0 Å². The molecule has 0 saturated carbocycles. The Morgan fingerprint density at radius 2 is 1.57 bits per heavy atom. The molecule has 0 bridgehead atoms. The highest BCUT2D eigenvalue weighted by molar-refractivity contribution is 5.92. The van der Waals surface area contributed by atoms with Gasteiger partial charge in [0, 0.05) is 37.8 Å². The molecular weight excluding hydrogens is 540 g/mol. The number of carbonyl (C=O) groups excluding carboxylic acids is 2. The van der Waals surface area contributed by atoms with Gasteiger partial charge in [0.25, 0.3) is 0 Å². The topological polar surface area (TPSA) is 226 Å². The number of phenolic OH excluding ortho intramolecular Hbond substituents is 1. The molecule has 2 unspecified atom stereocenters. The van der Waals surface area contributed by atoms with Crippen LogP contribution in [-0.2, 0) is 9.59 Å². The Morgan fingerprint density at radius 3 is 2.17 bits per heavy atom. The highest BCUT2D eigenvalue weighted by atomic mass is 16.5. The summed E-state index contributed by atoms with van der Waals surface area (Å²) >= 11 is 0. The first-order chi connectivity index (χ1) is 20.2. The third kappa shape index (κ3) is 9.32. The summed E-state index contributed by atoms with van der Waals surface area (Å²) in [7, 11) is 1.51. The lowest BCUT2D eigenvalue weighted by molar-refractivity contribution is -0.124. The van der Waals surface area contributed by atoms with Crippen LogP contribution in [0.5, 0.6) is 17.2 Å². The molecule has 42 heavy (non-hydrogen) atoms. The molecule has 2 aromatic rings. The van der Waals surface area contributed by atoms with E-state index in [2.05, 4.69) is 20.6 Å². The normalized spacial score (nSPS) is 15.4. The highest BCUT2D eigenvalue weighted by Crippen LogP contribution is 2.51. The van der Waals surface area contributed by atoms with E-state index in [1.54, 1.807) is 36.4 Å². The number of phenols is 1. The number of nitrogens with zero attached hydrogens (tertiary/aromatic N) is 2. The molecule has 1 aliphatic rings. The first-order valence-corrected chi connectivity index (χ1v) is 13.7. The van der Waals surface area contributed by atoms with Crippen molar-refractivity contribution < 1.29 is 24.2 Å². The molecule has 0 saturated heterocycles. The molecule has 0 radical (unpaired) electrons. The van der Waals surface area contributed by atoms with Crippen LogP contribution in [0.25, 0.3) is 6.08 Å². The van der Waals surface area contributed by atoms with Gasteiger partial charge in [0.2, 0.25) is 11.8 Å². The Morgan fingerprint density at radius 1 is 0.952 bits per heavy atom. The Labute approximate surface area is 245 Å². The van der Waals surface area contributed by atoms with E-state index in [1.165, 1.54) is 13.2 Å². The maximum Gasteiger partial charge on any atom is 0.243 e. The SMILES string of the molecule is COc1cc(/C=C\C(=O)NCCCCN=C(N)N)cc2c1OC(c1ccc(O)cc1)C2C(=O)NCCCCN=C(N)N. The maximum absolute atomic E-state index is 13.6. The van der Waals surface area contributed by atoms with Crippen molar-refractivity contribution in [3.63, 3.8) is 0 Å². The number of aromatic hydroxyl groups is 1. The van der Waals surface area contributed by atoms with Crippen molar-refractivity contribution in [1.29, 1.82) is 0 Å². The van der Waals surface area contributed by atoms with E-state index in [0.717, 1.165) is 18.4 Å². The first-order valence-electron chi connectivity index (χ1n) is 13.7. The standard InChI is InChI=1S/C29H40N8O5/c1-41-22-17-18(6-11-23(39)34-12-2-4-14-36-28(30)31)16-21-24(27(40)35-13-3-5-15-37-29(32)33)25(42-26(21)22)19-7-9-20(38)10-8-19/h6-11,16-17,24-25,38H,2-5,12-15H2,1H3,(H,34,39)(H,35,40)(H4,30,31,36)(H4,32,33,37)/b11-6-. The van der Waals surface area contributed by atoms with Gasteiger partial charge >= 0.3 is 0 Å². The van der Waals surface area contributed by atoms with E-state index in [4.69, 9.17) is 32.4 Å². The zero-order valence-electron chi connectivity index (χ0n) is 23.7. The number of guanidine groups is 2. The van der Waals surface area contributed by atoms with Crippen LogP contribution in [-0.4, -0.2) is 62.1 Å². The Hall–Kier alpha value is -4.94. The molecule has 3 rings (SSSR count). The van der Waals surface area contributed by atoms with E-state index >= 15 is 0 Å². The fourth-order valence-electron chi connectivity index (χ4n) is 4.47. The smallest absolute Gasteiger partial charge is 0.243 e. The van der Waals surface area contributed by atoms with Crippen molar-refractivity contribution in [3.8, 4) is 17.2 Å². The molecule has 11 N–H and O–H groups in total. The number of aliphatic imine (C=N–C) groups is 2. The summed E-state index contributed by atoms with van der Waals surface area (Å²) in [4.78, 5) is 33.8. The van der Waals surface area contributed by atoms with Crippen LogP contribution < -0.4 is 43.0 Å². The second-order valence-corrected chi connectivity index (χ2v) is 9.69. The van der Waals surface area contributed by atoms with Gasteiger partial charge < -0.3 is 48.1 Å². The summed E-state index contributed by atoms with van der Waals surface area (Å²) < 4.78 is 11.9. The number of ether oxygens (including phenoxy) is 2. The lowest BCUT2D eigenvalue weighted by atomic mass is 9.89. The molecule has 13 nitrogen and oxygen atoms in total. The summed E-state index contributed by atoms with van der Waals surface area (Å²) in [6.07, 6.45) is 5.29. The lowest BCUT2D eigenvalue weighted by Crippen LogP contribution is -2.32. The summed E-state index contributed by atoms with van der Waals surface area (Å²) in [5, 5.41) is 15.6. The van der Waals surface area contributed by atoms with Gasteiger partial charge in [0.15, 0.2) is 23.4 Å². The number of hydrogen-bond donors (Lipinski definition) is 7. The third-order valence-electron chi connectivity index (χ3n) is 6.50. The molecule has 0 fully saturated rings. The van der Waals surface area contributed by atoms with Crippen molar-refractivity contribution in [2.45, 2.75) is 37.7 Å². The van der Waals surface area contributed by atoms with Gasteiger partial charge in [-0.3, -0.25) is 19.6 Å². The molecule has 0 aromatic heterocycles. The summed E-state index contributed by atoms with van der Waals surface area (Å²) in [6, 6.07) is 10.1. The number of nitrogens with one attached hydrogen (secondary N) is 2. The number of methoxy groups -OCH3 is 1. The number of nitrogens with two attached hydrogens (primary N) is 4. The monoisotopic (exact) mass is 580 g/mol. The van der Waals surface area contributed by atoms with Crippen LogP contribution in [0.3, 0.4) is 0 Å². The fourth-order valence-corrected chi connectivity index (χ4v) is 4.47. The fraction of sp³-hybridized carbons (Fsp3) is 0.379. The van der Waals surface area contributed by atoms with Gasteiger partial charge in [-0.05, 0) is 67.2 Å². The number of hydrogen-bond acceptors (Lipinski definition) is 7. The van der Waals surface area contributed by atoms with Crippen LogP contribution >= 0.6 is 0 Å². The summed E-state index contributed by atoms with van der Waals surface area (Å²) in [6.45, 7) is 1.88. The minimum atomic E-state index is -0.705. The Bertz CT molecular complexity index is 1300. The largest absolute Gasteiger partial charge is 0.508 e. The highest BCUT2D eigenvalue weighted by Gasteiger charge is 2.42. The first kappa shape index (κ1) is 31.6. The zero-order valence-corrected chi connectivity index (χ0v) is 23.7. The minimum Gasteiger partial charge on any atom is -0.508 e. The van der Waals surface area contributed by atoms with Crippen LogP contribution in [0.1, 0.15) is 54.4 Å². The van der Waals surface area contributed by atoms with E-state index in [1.807, 2.05) is 6.07 Å². The summed E-state index contributed by atoms with van der Waals surface area (Å²) in [5.41, 5.74) is 23.4. The van der Waals surface area contributed by atoms with Crippen molar-refractivity contribution in [1.82, 2.24) is 10.6 Å². The molecule has 1 aliphatic heterocycles. The van der Waals surface area contributed by atoms with Crippen LogP contribution in [0, 0.1) is 0 Å². The van der Waals surface area contributed by atoms with Crippen molar-refractivity contribution >= 4 is 29.8 Å². The predicted octanol–water partition coefficient (Wildman–Crippen LogP) is 0.971. The lowest BCUT2D eigenvalue weighted by Gasteiger charge is -2.19. The van der Waals surface area contributed by atoms with Gasteiger partial charge in [0.1, 0.15) is 17.8 Å². The van der Waals surface area contributed by atoms with E-state index in [0.29, 0.717) is 61.6 Å². The predicted molar refractivity (Wildman–Crippen MR) is 162 cm³/mol. The minimum absolute atomic E-state index is 0.0336. The van der Waals surface area contributed by atoms with E-state index in [9.17, 15) is 14.7 Å². The number of rotatable bonds is 15. The van der Waals surface area contributed by atoms with Crippen LogP contribution in [0.4, 0.5) is 0 Å². The van der Waals surface area contributed by atoms with Crippen molar-refractivity contribution in [2.24, 2.45) is 32.9 Å².